The van der Waals surface area contributed by atoms with E-state index in [9.17, 15) is 13.6 Å². The topological polar surface area (TPSA) is 92.6 Å². The molecule has 0 spiro atoms. The van der Waals surface area contributed by atoms with Crippen LogP contribution in [-0.2, 0) is 6.42 Å². The average molecular weight is 619 g/mol. The normalized spacial score (nSPS) is 21.6. The number of anilines is 2. The molecular formula is C34H42F2N7O2+. The number of ether oxygens (including phenoxy) is 1. The van der Waals surface area contributed by atoms with Crippen molar-refractivity contribution in [1.29, 1.82) is 0 Å². The molecule has 2 fully saturated rings. The van der Waals surface area contributed by atoms with Gasteiger partial charge in [-0.15, -0.1) is 0 Å². The van der Waals surface area contributed by atoms with E-state index >= 15 is 0 Å². The number of nitrogens with one attached hydrogen (secondary N) is 3. The third-order valence-electron chi connectivity index (χ3n) is 9.49. The van der Waals surface area contributed by atoms with E-state index in [2.05, 4.69) is 33.0 Å². The van der Waals surface area contributed by atoms with Crippen LogP contribution in [0.1, 0.15) is 48.5 Å². The maximum Gasteiger partial charge on any atom is 0.251 e. The van der Waals surface area contributed by atoms with Crippen LogP contribution in [0.25, 0.3) is 16.9 Å². The standard InChI is InChI=1S/C34H41F2N7O2/c1-4-23-18-24(7-8-26(23)34(44)40-19-22-11-16-43(2,17-12-22)21-25-6-5-13-37-25)41-32-33-39-20-28(42(33)15-14-38-32)27-9-10-29(45-3)31(36)30(27)35/h7-10,14-15,18,20,22,25,37H,4-6,11-13,16-17,19,21H2,1-3H3,(H-,38,40,41,44)/p+1. The van der Waals surface area contributed by atoms with E-state index in [1.807, 2.05) is 25.1 Å². The lowest BCUT2D eigenvalue weighted by atomic mass is 9.94. The van der Waals surface area contributed by atoms with Crippen molar-refractivity contribution in [3.63, 3.8) is 0 Å². The number of imidazole rings is 1. The van der Waals surface area contributed by atoms with Crippen LogP contribution in [-0.4, -0.2) is 77.7 Å². The highest BCUT2D eigenvalue weighted by Gasteiger charge is 2.33. The summed E-state index contributed by atoms with van der Waals surface area (Å²) in [7, 11) is 3.67. The first kappa shape index (κ1) is 30.9. The zero-order chi connectivity index (χ0) is 31.6. The second kappa shape index (κ2) is 13.1. The summed E-state index contributed by atoms with van der Waals surface area (Å²) in [5.74, 6) is -1.34. The number of fused-ring (bicyclic) bond motifs is 1. The summed E-state index contributed by atoms with van der Waals surface area (Å²) in [5, 5.41) is 10.1. The van der Waals surface area contributed by atoms with Crippen molar-refractivity contribution in [3.05, 3.63) is 71.7 Å². The molecule has 2 aromatic carbocycles. The molecular weight excluding hydrogens is 576 g/mol. The van der Waals surface area contributed by atoms with Gasteiger partial charge in [0, 0.05) is 48.6 Å². The SMILES string of the molecule is CCc1cc(Nc2nccn3c(-c4ccc(OC)c(F)c4F)cnc23)ccc1C(=O)NCC1CC[N+](C)(CC2CCCN2)CC1. The summed E-state index contributed by atoms with van der Waals surface area (Å²) in [5.41, 5.74) is 3.22. The summed E-state index contributed by atoms with van der Waals surface area (Å²) in [6, 6.07) is 9.13. The molecule has 0 saturated carbocycles. The van der Waals surface area contributed by atoms with Gasteiger partial charge in [0.05, 0.1) is 51.7 Å². The van der Waals surface area contributed by atoms with Gasteiger partial charge >= 0.3 is 0 Å². The Morgan fingerprint density at radius 1 is 1.13 bits per heavy atom. The van der Waals surface area contributed by atoms with E-state index in [1.54, 1.807) is 16.8 Å². The van der Waals surface area contributed by atoms with Crippen LogP contribution in [0.15, 0.2) is 48.9 Å². The van der Waals surface area contributed by atoms with Crippen LogP contribution in [0.3, 0.4) is 0 Å². The summed E-state index contributed by atoms with van der Waals surface area (Å²) in [6.07, 6.45) is 10.2. The van der Waals surface area contributed by atoms with Crippen molar-refractivity contribution in [2.75, 3.05) is 52.2 Å². The fourth-order valence-electron chi connectivity index (χ4n) is 6.82. The number of carbonyl (C=O) groups excluding carboxylic acids is 1. The molecule has 2 aromatic heterocycles. The Bertz CT molecular complexity index is 1680. The highest BCUT2D eigenvalue weighted by atomic mass is 19.2. The molecule has 2 aliphatic rings. The lowest BCUT2D eigenvalue weighted by Crippen LogP contribution is -2.55. The van der Waals surface area contributed by atoms with Crippen LogP contribution in [0.5, 0.6) is 5.75 Å². The fraction of sp³-hybridized carbons (Fsp3) is 0.441. The number of halogens is 2. The predicted molar refractivity (Wildman–Crippen MR) is 171 cm³/mol. The van der Waals surface area contributed by atoms with Crippen molar-refractivity contribution in [1.82, 2.24) is 25.0 Å². The van der Waals surface area contributed by atoms with E-state index in [0.29, 0.717) is 47.6 Å². The Hall–Kier alpha value is -4.09. The lowest BCUT2D eigenvalue weighted by Gasteiger charge is -2.42. The number of piperidine rings is 1. The molecule has 0 radical (unpaired) electrons. The Morgan fingerprint density at radius 3 is 2.69 bits per heavy atom. The number of hydrogen-bond acceptors (Lipinski definition) is 6. The van der Waals surface area contributed by atoms with Crippen LogP contribution in [0.2, 0.25) is 0 Å². The van der Waals surface area contributed by atoms with Gasteiger partial charge < -0.3 is 25.2 Å². The molecule has 0 bridgehead atoms. The maximum absolute atomic E-state index is 14.9. The van der Waals surface area contributed by atoms with Crippen LogP contribution < -0.4 is 20.7 Å². The van der Waals surface area contributed by atoms with Crippen molar-refractivity contribution < 1.29 is 22.8 Å². The Balaban J connectivity index is 1.11. The number of rotatable bonds is 10. The zero-order valence-electron chi connectivity index (χ0n) is 26.2. The number of quaternary nitrogens is 1. The van der Waals surface area contributed by atoms with E-state index < -0.39 is 11.6 Å². The first-order valence-electron chi connectivity index (χ1n) is 15.9. The van der Waals surface area contributed by atoms with E-state index in [-0.39, 0.29) is 17.2 Å². The highest BCUT2D eigenvalue weighted by molar-refractivity contribution is 5.96. The third-order valence-corrected chi connectivity index (χ3v) is 9.49. The molecule has 11 heteroatoms. The van der Waals surface area contributed by atoms with Gasteiger partial charge in [-0.05, 0) is 67.6 Å². The fourth-order valence-corrected chi connectivity index (χ4v) is 6.82. The van der Waals surface area contributed by atoms with Crippen LogP contribution in [0.4, 0.5) is 20.3 Å². The molecule has 45 heavy (non-hydrogen) atoms. The number of aryl methyl sites for hydroxylation is 1. The molecule has 1 amide bonds. The van der Waals surface area contributed by atoms with Gasteiger partial charge in [-0.2, -0.15) is 4.39 Å². The average Bonchev–Trinajstić information content (AvgIpc) is 3.72. The zero-order valence-corrected chi connectivity index (χ0v) is 26.2. The molecule has 4 aromatic rings. The minimum atomic E-state index is -1.05. The number of nitrogens with zero attached hydrogens (tertiary/aromatic N) is 4. The second-order valence-electron chi connectivity index (χ2n) is 12.6. The molecule has 4 heterocycles. The van der Waals surface area contributed by atoms with E-state index in [0.717, 1.165) is 48.2 Å². The van der Waals surface area contributed by atoms with Gasteiger partial charge in [-0.25, -0.2) is 14.4 Å². The van der Waals surface area contributed by atoms with E-state index in [4.69, 9.17) is 4.74 Å². The second-order valence-corrected chi connectivity index (χ2v) is 12.6. The Kier molecular flexibility index (Phi) is 9.00. The smallest absolute Gasteiger partial charge is 0.251 e. The number of amides is 1. The molecule has 238 valence electrons. The highest BCUT2D eigenvalue weighted by Crippen LogP contribution is 2.32. The van der Waals surface area contributed by atoms with Gasteiger partial charge in [0.25, 0.3) is 5.91 Å². The molecule has 1 atom stereocenters. The van der Waals surface area contributed by atoms with Crippen molar-refractivity contribution in [2.45, 2.75) is 45.1 Å². The quantitative estimate of drug-likeness (QED) is 0.208. The molecule has 1 unspecified atom stereocenters. The largest absolute Gasteiger partial charge is 0.494 e. The molecule has 2 aliphatic heterocycles. The van der Waals surface area contributed by atoms with Gasteiger partial charge in [0.2, 0.25) is 5.82 Å². The number of aromatic nitrogens is 3. The third kappa shape index (κ3) is 6.50. The minimum Gasteiger partial charge on any atom is -0.494 e. The van der Waals surface area contributed by atoms with Crippen molar-refractivity contribution >= 4 is 23.1 Å². The van der Waals surface area contributed by atoms with Crippen LogP contribution >= 0.6 is 0 Å². The predicted octanol–water partition coefficient (Wildman–Crippen LogP) is 5.33. The van der Waals surface area contributed by atoms with Gasteiger partial charge in [-0.1, -0.05) is 6.92 Å². The van der Waals surface area contributed by atoms with Crippen molar-refractivity contribution in [3.8, 4) is 17.0 Å². The number of likely N-dealkylation sites (tertiary alicyclic amines) is 1. The Labute approximate surface area is 262 Å². The molecule has 3 N–H and O–H groups in total. The first-order chi connectivity index (χ1) is 21.8. The lowest BCUT2D eigenvalue weighted by molar-refractivity contribution is -0.916. The number of likely N-dealkylation sites (N-methyl/N-ethyl adjacent to an activating group) is 1. The number of benzene rings is 2. The van der Waals surface area contributed by atoms with Gasteiger partial charge in [0.1, 0.15) is 0 Å². The number of methoxy groups -OCH3 is 1. The van der Waals surface area contributed by atoms with Crippen molar-refractivity contribution in [2.24, 2.45) is 5.92 Å². The first-order valence-corrected chi connectivity index (χ1v) is 15.9. The monoisotopic (exact) mass is 618 g/mol. The molecule has 2 saturated heterocycles. The molecule has 0 aliphatic carbocycles. The molecule has 9 nitrogen and oxygen atoms in total. The number of hydrogen-bond donors (Lipinski definition) is 3. The Morgan fingerprint density at radius 2 is 1.96 bits per heavy atom. The van der Waals surface area contributed by atoms with Gasteiger partial charge in [0.15, 0.2) is 23.0 Å². The number of carbonyl (C=O) groups is 1. The summed E-state index contributed by atoms with van der Waals surface area (Å²) < 4.78 is 37.0. The van der Waals surface area contributed by atoms with Gasteiger partial charge in [-0.3, -0.25) is 9.20 Å². The summed E-state index contributed by atoms with van der Waals surface area (Å²) in [4.78, 5) is 22.2. The maximum atomic E-state index is 14.9. The minimum absolute atomic E-state index is 0.0525. The summed E-state index contributed by atoms with van der Waals surface area (Å²) >= 11 is 0. The van der Waals surface area contributed by atoms with E-state index in [1.165, 1.54) is 44.8 Å². The summed E-state index contributed by atoms with van der Waals surface area (Å²) in [6.45, 7) is 7.37. The molecule has 6 rings (SSSR count). The van der Waals surface area contributed by atoms with Crippen LogP contribution in [0, 0.1) is 17.6 Å².